The Morgan fingerprint density at radius 2 is 1.62 bits per heavy atom. The van der Waals surface area contributed by atoms with Gasteiger partial charge in [0.05, 0.1) is 12.7 Å². The number of aliphatic hydroxyl groups excluding tert-OH is 1. The Kier molecular flexibility index (Phi) is 12.7. The number of alkyl halides is 1. The van der Waals surface area contributed by atoms with Crippen molar-refractivity contribution in [3.05, 3.63) is 59.2 Å². The molecule has 0 saturated heterocycles. The molecule has 6 heteroatoms. The van der Waals surface area contributed by atoms with Gasteiger partial charge in [-0.25, -0.2) is 4.39 Å². The summed E-state index contributed by atoms with van der Waals surface area (Å²) in [5.41, 5.74) is 2.57. The lowest BCUT2D eigenvalue weighted by atomic mass is 9.51. The van der Waals surface area contributed by atoms with Crippen LogP contribution < -0.4 is 4.74 Å². The SMILES string of the molecule is CCCCCCCCN(CCCCCC[C@@H]1Cc2cc(O)ccc2[C@@H]2[C@@H]1[C@@H]1CC[C@H](O)[C@@]1(C)C[C@@H]2F)C(=O)c1ccc(OCC)cc1. The van der Waals surface area contributed by atoms with Gasteiger partial charge in [-0.3, -0.25) is 4.79 Å². The number of benzene rings is 2. The molecule has 0 heterocycles. The lowest BCUT2D eigenvalue weighted by Gasteiger charge is -2.54. The van der Waals surface area contributed by atoms with Gasteiger partial charge in [0, 0.05) is 24.6 Å². The minimum Gasteiger partial charge on any atom is -0.508 e. The Hall–Kier alpha value is -2.60. The highest BCUT2D eigenvalue weighted by molar-refractivity contribution is 5.94. The van der Waals surface area contributed by atoms with E-state index >= 15 is 4.39 Å². The van der Waals surface area contributed by atoms with Crippen LogP contribution in [0.4, 0.5) is 4.39 Å². The predicted molar refractivity (Wildman–Crippen MR) is 188 cm³/mol. The number of aliphatic hydroxyl groups is 1. The van der Waals surface area contributed by atoms with Crippen molar-refractivity contribution in [2.75, 3.05) is 19.7 Å². The Morgan fingerprint density at radius 3 is 2.32 bits per heavy atom. The molecule has 3 aliphatic carbocycles. The molecule has 5 rings (SSSR count). The molecule has 0 unspecified atom stereocenters. The largest absolute Gasteiger partial charge is 0.508 e. The first-order chi connectivity index (χ1) is 22.8. The first kappa shape index (κ1) is 35.7. The maximum absolute atomic E-state index is 16.1. The number of aromatic hydroxyl groups is 1. The second-order valence-corrected chi connectivity index (χ2v) is 15.1. The van der Waals surface area contributed by atoms with Crippen molar-refractivity contribution in [2.24, 2.45) is 23.2 Å². The molecule has 0 aliphatic heterocycles. The third kappa shape index (κ3) is 8.35. The second-order valence-electron chi connectivity index (χ2n) is 15.1. The third-order valence-electron chi connectivity index (χ3n) is 12.0. The molecule has 0 aromatic heterocycles. The van der Waals surface area contributed by atoms with Crippen molar-refractivity contribution < 1.29 is 24.1 Å². The summed E-state index contributed by atoms with van der Waals surface area (Å²) in [6, 6.07) is 13.1. The third-order valence-corrected chi connectivity index (χ3v) is 12.0. The first-order valence-electron chi connectivity index (χ1n) is 18.9. The lowest BCUT2D eigenvalue weighted by molar-refractivity contribution is -0.0722. The first-order valence-corrected chi connectivity index (χ1v) is 18.9. The standard InChI is InChI=1S/C41H60FNO4/c1-4-6-7-8-10-13-24-43(40(46)29-16-19-33(20-17-29)47-5-2)25-14-11-9-12-15-30-26-31-27-32(44)18-21-34(31)39-36(42)28-41(3)35(38(30)39)22-23-37(41)45/h16-21,27,30,35-39,44-45H,4-15,22-26,28H2,1-3H3/t30-,35+,36+,37+,38+,39+,41+/m1/s1. The van der Waals surface area contributed by atoms with Gasteiger partial charge in [0.15, 0.2) is 0 Å². The van der Waals surface area contributed by atoms with Gasteiger partial charge in [-0.1, -0.05) is 71.3 Å². The number of rotatable bonds is 17. The highest BCUT2D eigenvalue weighted by atomic mass is 19.1. The minimum atomic E-state index is -0.967. The number of phenolic OH excluding ortho intramolecular Hbond substituents is 1. The van der Waals surface area contributed by atoms with Gasteiger partial charge in [0.1, 0.15) is 17.7 Å². The number of carbonyl (C=O) groups is 1. The highest BCUT2D eigenvalue weighted by Gasteiger charge is 2.59. The Morgan fingerprint density at radius 1 is 0.936 bits per heavy atom. The average molecular weight is 650 g/mol. The normalized spacial score (nSPS) is 27.9. The van der Waals surface area contributed by atoms with Crippen LogP contribution in [0.2, 0.25) is 0 Å². The molecule has 0 bridgehead atoms. The predicted octanol–water partition coefficient (Wildman–Crippen LogP) is 9.64. The van der Waals surface area contributed by atoms with E-state index in [1.807, 2.05) is 43.3 Å². The van der Waals surface area contributed by atoms with Gasteiger partial charge < -0.3 is 19.8 Å². The van der Waals surface area contributed by atoms with E-state index in [9.17, 15) is 15.0 Å². The van der Waals surface area contributed by atoms with Crippen molar-refractivity contribution in [1.29, 1.82) is 0 Å². The molecule has 2 aromatic carbocycles. The molecule has 3 aliphatic rings. The van der Waals surface area contributed by atoms with Crippen LogP contribution in [-0.4, -0.2) is 53.0 Å². The zero-order chi connectivity index (χ0) is 33.4. The number of amides is 1. The van der Waals surface area contributed by atoms with E-state index in [2.05, 4.69) is 18.7 Å². The van der Waals surface area contributed by atoms with Crippen LogP contribution in [0.15, 0.2) is 42.5 Å². The van der Waals surface area contributed by atoms with Crippen LogP contribution in [0.1, 0.15) is 138 Å². The molecular weight excluding hydrogens is 589 g/mol. The molecule has 2 saturated carbocycles. The number of ether oxygens (including phenoxy) is 1. The highest BCUT2D eigenvalue weighted by Crippen LogP contribution is 2.63. The number of carbonyl (C=O) groups excluding carboxylic acids is 1. The topological polar surface area (TPSA) is 70.0 Å². The van der Waals surface area contributed by atoms with E-state index in [4.69, 9.17) is 4.74 Å². The second kappa shape index (κ2) is 16.7. The Balaban J connectivity index is 1.17. The number of nitrogens with zero attached hydrogens (tertiary/aromatic N) is 1. The summed E-state index contributed by atoms with van der Waals surface area (Å²) in [4.78, 5) is 15.6. The van der Waals surface area contributed by atoms with E-state index in [1.54, 1.807) is 6.07 Å². The monoisotopic (exact) mass is 649 g/mol. The summed E-state index contributed by atoms with van der Waals surface area (Å²) in [6.45, 7) is 8.50. The fraction of sp³-hybridized carbons (Fsp3) is 0.683. The van der Waals surface area contributed by atoms with Gasteiger partial charge in [-0.15, -0.1) is 0 Å². The molecule has 47 heavy (non-hydrogen) atoms. The molecule has 7 atom stereocenters. The molecule has 2 fully saturated rings. The van der Waals surface area contributed by atoms with Crippen LogP contribution in [-0.2, 0) is 6.42 Å². The maximum atomic E-state index is 16.1. The summed E-state index contributed by atoms with van der Waals surface area (Å²) in [7, 11) is 0. The van der Waals surface area contributed by atoms with Crippen LogP contribution in [0, 0.1) is 23.2 Å². The number of hydrogen-bond donors (Lipinski definition) is 2. The number of hydrogen-bond acceptors (Lipinski definition) is 4. The van der Waals surface area contributed by atoms with Gasteiger partial charge in [0.25, 0.3) is 5.91 Å². The van der Waals surface area contributed by atoms with Gasteiger partial charge >= 0.3 is 0 Å². The molecule has 260 valence electrons. The number of halogens is 1. The zero-order valence-corrected chi connectivity index (χ0v) is 29.3. The smallest absolute Gasteiger partial charge is 0.253 e. The van der Waals surface area contributed by atoms with E-state index < -0.39 is 12.3 Å². The van der Waals surface area contributed by atoms with Crippen molar-refractivity contribution >= 4 is 5.91 Å². The molecule has 2 N–H and O–H groups in total. The summed E-state index contributed by atoms with van der Waals surface area (Å²) in [5, 5.41) is 21.2. The lowest BCUT2D eigenvalue weighted by Crippen LogP contribution is -2.51. The van der Waals surface area contributed by atoms with E-state index in [0.29, 0.717) is 24.9 Å². The summed E-state index contributed by atoms with van der Waals surface area (Å²) in [5.74, 6) is 1.95. The van der Waals surface area contributed by atoms with Crippen molar-refractivity contribution in [3.8, 4) is 11.5 Å². The maximum Gasteiger partial charge on any atom is 0.253 e. The van der Waals surface area contributed by atoms with Crippen LogP contribution in [0.25, 0.3) is 0 Å². The summed E-state index contributed by atoms with van der Waals surface area (Å²) in [6.07, 6.45) is 14.1. The quantitative estimate of drug-likeness (QED) is 0.168. The van der Waals surface area contributed by atoms with Crippen molar-refractivity contribution in [1.82, 2.24) is 4.90 Å². The Labute approximate surface area is 283 Å². The fourth-order valence-corrected chi connectivity index (χ4v) is 9.54. The van der Waals surface area contributed by atoms with Gasteiger partial charge in [-0.05, 0) is 123 Å². The molecular formula is C41H60FNO4. The Bertz CT molecular complexity index is 1280. The van der Waals surface area contributed by atoms with E-state index in [1.165, 1.54) is 25.7 Å². The average Bonchev–Trinajstić information content (AvgIpc) is 3.35. The van der Waals surface area contributed by atoms with Crippen molar-refractivity contribution in [3.63, 3.8) is 0 Å². The van der Waals surface area contributed by atoms with E-state index in [0.717, 1.165) is 99.7 Å². The fourth-order valence-electron chi connectivity index (χ4n) is 9.54. The number of unbranched alkanes of at least 4 members (excludes halogenated alkanes) is 8. The van der Waals surface area contributed by atoms with E-state index in [-0.39, 0.29) is 28.9 Å². The molecule has 5 nitrogen and oxygen atoms in total. The molecule has 2 aromatic rings. The summed E-state index contributed by atoms with van der Waals surface area (Å²) >= 11 is 0. The van der Waals surface area contributed by atoms with Crippen LogP contribution in [0.5, 0.6) is 11.5 Å². The zero-order valence-electron chi connectivity index (χ0n) is 29.3. The summed E-state index contributed by atoms with van der Waals surface area (Å²) < 4.78 is 21.7. The minimum absolute atomic E-state index is 0.108. The van der Waals surface area contributed by atoms with Crippen LogP contribution in [0.3, 0.4) is 0 Å². The van der Waals surface area contributed by atoms with Gasteiger partial charge in [0.2, 0.25) is 0 Å². The molecule has 0 spiro atoms. The van der Waals surface area contributed by atoms with Crippen molar-refractivity contribution in [2.45, 2.75) is 135 Å². The van der Waals surface area contributed by atoms with Crippen LogP contribution >= 0.6 is 0 Å². The number of phenols is 1. The van der Waals surface area contributed by atoms with Gasteiger partial charge in [-0.2, -0.15) is 0 Å². The molecule has 1 amide bonds. The number of fused-ring (bicyclic) bond motifs is 5. The molecule has 0 radical (unpaired) electrons.